The van der Waals surface area contributed by atoms with Crippen molar-refractivity contribution in [1.82, 2.24) is 0 Å². The lowest BCUT2D eigenvalue weighted by Gasteiger charge is -2.43. The summed E-state index contributed by atoms with van der Waals surface area (Å²) in [5.41, 5.74) is 7.00. The summed E-state index contributed by atoms with van der Waals surface area (Å²) in [6.45, 7) is 12.0. The summed E-state index contributed by atoms with van der Waals surface area (Å²) in [6.07, 6.45) is 4.24. The van der Waals surface area contributed by atoms with Crippen molar-refractivity contribution in [2.24, 2.45) is 4.99 Å². The van der Waals surface area contributed by atoms with Crippen LogP contribution in [0.5, 0.6) is 0 Å². The van der Waals surface area contributed by atoms with E-state index in [0.29, 0.717) is 10.0 Å². The van der Waals surface area contributed by atoms with Gasteiger partial charge < -0.3 is 4.90 Å². The number of fused-ring (bicyclic) bond motifs is 1. The molecule has 26 heavy (non-hydrogen) atoms. The molecule has 2 nitrogen and oxygen atoms in total. The molecule has 0 amide bonds. The van der Waals surface area contributed by atoms with Crippen molar-refractivity contribution in [1.29, 1.82) is 0 Å². The van der Waals surface area contributed by atoms with Gasteiger partial charge in [0.25, 0.3) is 0 Å². The van der Waals surface area contributed by atoms with Crippen molar-refractivity contribution in [2.75, 3.05) is 11.4 Å². The maximum Gasteiger partial charge on any atom is 0.0645 e. The lowest BCUT2D eigenvalue weighted by molar-refractivity contribution is 0.566. The van der Waals surface area contributed by atoms with Gasteiger partial charge in [0, 0.05) is 24.0 Å². The number of benzene rings is 2. The van der Waals surface area contributed by atoms with Gasteiger partial charge in [0.05, 0.1) is 21.3 Å². The molecule has 1 heterocycles. The quantitative estimate of drug-likeness (QED) is 0.514. The minimum absolute atomic E-state index is 0.0218. The Kier molecular flexibility index (Phi) is 5.18. The smallest absolute Gasteiger partial charge is 0.0645 e. The fourth-order valence-corrected chi connectivity index (χ4v) is 3.96. The normalized spacial score (nSPS) is 16.0. The summed E-state index contributed by atoms with van der Waals surface area (Å²) in [7, 11) is 0. The molecule has 0 aromatic heterocycles. The number of hydrogen-bond donors (Lipinski definition) is 0. The predicted molar refractivity (Wildman–Crippen MR) is 116 cm³/mol. The second-order valence-electron chi connectivity index (χ2n) is 7.31. The molecule has 0 unspecified atom stereocenters. The van der Waals surface area contributed by atoms with Crippen LogP contribution in [0.3, 0.4) is 0 Å². The SMILES string of the molecule is CCN1c2cc(C)c(C=Nc3ccc(Cl)c(Cl)c3)cc2C(C)=CC1(C)C. The second kappa shape index (κ2) is 7.09. The fourth-order valence-electron chi connectivity index (χ4n) is 3.67. The van der Waals surface area contributed by atoms with Gasteiger partial charge >= 0.3 is 0 Å². The third-order valence-electron chi connectivity index (χ3n) is 4.94. The number of aryl methyl sites for hydroxylation is 1. The largest absolute Gasteiger partial charge is 0.363 e. The van der Waals surface area contributed by atoms with Crippen LogP contribution in [-0.2, 0) is 0 Å². The topological polar surface area (TPSA) is 15.6 Å². The minimum Gasteiger partial charge on any atom is -0.363 e. The number of aliphatic imine (C=N–C) groups is 1. The molecule has 1 aliphatic rings. The van der Waals surface area contributed by atoms with Gasteiger partial charge in [-0.15, -0.1) is 0 Å². The van der Waals surface area contributed by atoms with Crippen LogP contribution in [0.2, 0.25) is 10.0 Å². The van der Waals surface area contributed by atoms with E-state index in [1.54, 1.807) is 12.1 Å². The average molecular weight is 387 g/mol. The molecule has 3 rings (SSSR count). The first kappa shape index (κ1) is 19.0. The van der Waals surface area contributed by atoms with Crippen molar-refractivity contribution in [2.45, 2.75) is 40.2 Å². The van der Waals surface area contributed by atoms with E-state index in [4.69, 9.17) is 23.2 Å². The molecule has 1 aliphatic heterocycles. The van der Waals surface area contributed by atoms with E-state index < -0.39 is 0 Å². The average Bonchev–Trinajstić information content (AvgIpc) is 2.56. The van der Waals surface area contributed by atoms with Crippen molar-refractivity contribution in [3.63, 3.8) is 0 Å². The van der Waals surface area contributed by atoms with Crippen LogP contribution in [0, 0.1) is 6.92 Å². The summed E-state index contributed by atoms with van der Waals surface area (Å²) in [6, 6.07) is 9.92. The zero-order valence-electron chi connectivity index (χ0n) is 15.9. The molecule has 0 atom stereocenters. The molecule has 0 spiro atoms. The Labute approximate surface area is 166 Å². The van der Waals surface area contributed by atoms with E-state index in [-0.39, 0.29) is 5.54 Å². The van der Waals surface area contributed by atoms with Crippen LogP contribution in [0.25, 0.3) is 5.57 Å². The number of allylic oxidation sites excluding steroid dienone is 1. The monoisotopic (exact) mass is 386 g/mol. The van der Waals surface area contributed by atoms with E-state index >= 15 is 0 Å². The first-order valence-corrected chi connectivity index (χ1v) is 9.60. The van der Waals surface area contributed by atoms with Crippen molar-refractivity contribution >= 4 is 46.4 Å². The van der Waals surface area contributed by atoms with E-state index in [1.807, 2.05) is 12.3 Å². The summed E-state index contributed by atoms with van der Waals surface area (Å²) in [5.74, 6) is 0. The Morgan fingerprint density at radius 1 is 1.08 bits per heavy atom. The molecule has 0 N–H and O–H groups in total. The van der Waals surface area contributed by atoms with Gasteiger partial charge in [-0.25, -0.2) is 0 Å². The number of hydrogen-bond acceptors (Lipinski definition) is 2. The highest BCUT2D eigenvalue weighted by atomic mass is 35.5. The zero-order valence-corrected chi connectivity index (χ0v) is 17.4. The summed E-state index contributed by atoms with van der Waals surface area (Å²) < 4.78 is 0. The minimum atomic E-state index is 0.0218. The van der Waals surface area contributed by atoms with Crippen LogP contribution in [-0.4, -0.2) is 18.3 Å². The molecule has 0 saturated heterocycles. The van der Waals surface area contributed by atoms with Crippen molar-refractivity contribution in [3.05, 3.63) is 63.1 Å². The summed E-state index contributed by atoms with van der Waals surface area (Å²) in [5, 5.41) is 1.06. The maximum atomic E-state index is 6.08. The maximum absolute atomic E-state index is 6.08. The van der Waals surface area contributed by atoms with Gasteiger partial charge in [-0.1, -0.05) is 29.3 Å². The Bertz CT molecular complexity index is 911. The number of halogens is 2. The zero-order chi connectivity index (χ0) is 19.1. The second-order valence-corrected chi connectivity index (χ2v) is 8.12. The number of nitrogens with zero attached hydrogens (tertiary/aromatic N) is 2. The highest BCUT2D eigenvalue weighted by molar-refractivity contribution is 6.42. The van der Waals surface area contributed by atoms with Crippen LogP contribution in [0.1, 0.15) is 44.4 Å². The van der Waals surface area contributed by atoms with Crippen molar-refractivity contribution in [3.8, 4) is 0 Å². The molecule has 0 radical (unpaired) electrons. The number of rotatable bonds is 3. The van der Waals surface area contributed by atoms with Crippen LogP contribution >= 0.6 is 23.2 Å². The van der Waals surface area contributed by atoms with Crippen molar-refractivity contribution < 1.29 is 0 Å². The highest BCUT2D eigenvalue weighted by Gasteiger charge is 2.30. The lowest BCUT2D eigenvalue weighted by Crippen LogP contribution is -2.45. The molecule has 0 bridgehead atoms. The van der Waals surface area contributed by atoms with Crippen LogP contribution in [0.15, 0.2) is 41.4 Å². The van der Waals surface area contributed by atoms with E-state index in [0.717, 1.165) is 17.8 Å². The number of anilines is 1. The van der Waals surface area contributed by atoms with E-state index in [2.05, 4.69) is 62.7 Å². The van der Waals surface area contributed by atoms with Gasteiger partial charge in [-0.2, -0.15) is 0 Å². The Hall–Kier alpha value is -1.77. The fraction of sp³-hybridized carbons (Fsp3) is 0.318. The molecule has 136 valence electrons. The van der Waals surface area contributed by atoms with Crippen LogP contribution < -0.4 is 4.90 Å². The molecule has 0 saturated carbocycles. The summed E-state index contributed by atoms with van der Waals surface area (Å²) >= 11 is 12.1. The Morgan fingerprint density at radius 2 is 1.81 bits per heavy atom. The third kappa shape index (κ3) is 3.54. The lowest BCUT2D eigenvalue weighted by atomic mass is 9.87. The Balaban J connectivity index is 2.02. The highest BCUT2D eigenvalue weighted by Crippen LogP contribution is 2.40. The van der Waals surface area contributed by atoms with Gasteiger partial charge in [0.2, 0.25) is 0 Å². The number of likely N-dealkylation sites (N-methyl/N-ethyl adjacent to an activating group) is 1. The predicted octanol–water partition coefficient (Wildman–Crippen LogP) is 7.07. The van der Waals surface area contributed by atoms with Gasteiger partial charge in [-0.3, -0.25) is 4.99 Å². The van der Waals surface area contributed by atoms with Gasteiger partial charge in [-0.05, 0) is 81.7 Å². The molecule has 0 fully saturated rings. The molecule has 2 aromatic rings. The summed E-state index contributed by atoms with van der Waals surface area (Å²) in [4.78, 5) is 7.03. The van der Waals surface area contributed by atoms with Gasteiger partial charge in [0.15, 0.2) is 0 Å². The van der Waals surface area contributed by atoms with E-state index in [9.17, 15) is 0 Å². The molecule has 2 aromatic carbocycles. The standard InChI is InChI=1S/C22H24Cl2N2/c1-6-26-21-9-14(2)16(10-18(21)15(3)12-22(26,4)5)13-25-17-7-8-19(23)20(24)11-17/h7-13H,6H2,1-5H3. The third-order valence-corrected chi connectivity index (χ3v) is 5.68. The van der Waals surface area contributed by atoms with Gasteiger partial charge in [0.1, 0.15) is 0 Å². The first-order chi connectivity index (χ1) is 12.2. The van der Waals surface area contributed by atoms with E-state index in [1.165, 1.54) is 22.4 Å². The van der Waals surface area contributed by atoms with Crippen LogP contribution in [0.4, 0.5) is 11.4 Å². The Morgan fingerprint density at radius 3 is 2.46 bits per heavy atom. The molecule has 4 heteroatoms. The molecular weight excluding hydrogens is 363 g/mol. The first-order valence-electron chi connectivity index (χ1n) is 8.84. The molecule has 0 aliphatic carbocycles. The molecular formula is C22H24Cl2N2.